The Bertz CT molecular complexity index is 990. The number of nitrogens with one attached hydrogen (secondary N) is 1. The number of fused-ring (bicyclic) bond motifs is 1. The maximum Gasteiger partial charge on any atom is 0.138 e. The summed E-state index contributed by atoms with van der Waals surface area (Å²) >= 11 is 0. The zero-order valence-corrected chi connectivity index (χ0v) is 14.6. The van der Waals surface area contributed by atoms with Crippen LogP contribution in [-0.4, -0.2) is 16.5 Å². The van der Waals surface area contributed by atoms with Gasteiger partial charge in [0.05, 0.1) is 11.3 Å². The second kappa shape index (κ2) is 6.85. The summed E-state index contributed by atoms with van der Waals surface area (Å²) in [6.45, 7) is 2.82. The molecule has 0 aliphatic carbocycles. The fraction of sp³-hybridized carbons (Fsp3) is 0.190. The predicted molar refractivity (Wildman–Crippen MR) is 103 cm³/mol. The second-order valence-electron chi connectivity index (χ2n) is 6.32. The molecule has 5 heteroatoms. The van der Waals surface area contributed by atoms with Crippen LogP contribution >= 0.6 is 0 Å². The van der Waals surface area contributed by atoms with E-state index in [1.807, 2.05) is 31.2 Å². The highest BCUT2D eigenvalue weighted by Gasteiger charge is 2.19. The molecule has 0 unspecified atom stereocenters. The smallest absolute Gasteiger partial charge is 0.138 e. The zero-order chi connectivity index (χ0) is 17.9. The highest BCUT2D eigenvalue weighted by atomic mass is 15.2. The third-order valence-electron chi connectivity index (χ3n) is 4.52. The zero-order valence-electron chi connectivity index (χ0n) is 14.6. The van der Waals surface area contributed by atoms with Gasteiger partial charge in [-0.05, 0) is 43.5 Å². The van der Waals surface area contributed by atoms with Gasteiger partial charge in [-0.25, -0.2) is 9.97 Å². The SMILES string of the molecule is Cc1nc(Nc2ccccc2C#N)cc(N2CCCc3ccccc32)n1. The van der Waals surface area contributed by atoms with Crippen LogP contribution in [0.15, 0.2) is 54.6 Å². The molecule has 2 aromatic carbocycles. The van der Waals surface area contributed by atoms with Crippen molar-refractivity contribution in [2.45, 2.75) is 19.8 Å². The molecule has 1 N–H and O–H groups in total. The molecule has 26 heavy (non-hydrogen) atoms. The van der Waals surface area contributed by atoms with Crippen LogP contribution in [0.2, 0.25) is 0 Å². The third kappa shape index (κ3) is 3.09. The first kappa shape index (κ1) is 16.1. The van der Waals surface area contributed by atoms with Gasteiger partial charge in [0.25, 0.3) is 0 Å². The van der Waals surface area contributed by atoms with E-state index in [-0.39, 0.29) is 0 Å². The highest BCUT2D eigenvalue weighted by Crippen LogP contribution is 2.33. The number of aromatic nitrogens is 2. The van der Waals surface area contributed by atoms with E-state index < -0.39 is 0 Å². The lowest BCUT2D eigenvalue weighted by Gasteiger charge is -2.30. The largest absolute Gasteiger partial charge is 0.339 e. The Kier molecular flexibility index (Phi) is 4.24. The second-order valence-corrected chi connectivity index (χ2v) is 6.32. The molecule has 0 saturated carbocycles. The highest BCUT2D eigenvalue weighted by molar-refractivity contribution is 5.70. The standard InChI is InChI=1S/C21H19N5/c1-15-23-20(25-18-10-4-2-8-17(18)14-22)13-21(24-15)26-12-6-9-16-7-3-5-11-19(16)26/h2-5,7-8,10-11,13H,6,9,12H2,1H3,(H,23,24,25). The Morgan fingerprint density at radius 3 is 2.77 bits per heavy atom. The van der Waals surface area contributed by atoms with Crippen molar-refractivity contribution in [1.29, 1.82) is 5.26 Å². The van der Waals surface area contributed by atoms with Crippen molar-refractivity contribution in [1.82, 2.24) is 9.97 Å². The van der Waals surface area contributed by atoms with E-state index in [1.54, 1.807) is 6.07 Å². The number of nitriles is 1. The Balaban J connectivity index is 1.71. The van der Waals surface area contributed by atoms with E-state index in [1.165, 1.54) is 11.3 Å². The number of para-hydroxylation sites is 2. The molecule has 4 rings (SSSR count). The molecule has 5 nitrogen and oxygen atoms in total. The fourth-order valence-corrected chi connectivity index (χ4v) is 3.35. The van der Waals surface area contributed by atoms with E-state index in [0.717, 1.165) is 30.9 Å². The van der Waals surface area contributed by atoms with E-state index >= 15 is 0 Å². The van der Waals surface area contributed by atoms with Gasteiger partial charge in [0.2, 0.25) is 0 Å². The summed E-state index contributed by atoms with van der Waals surface area (Å²) in [5.74, 6) is 2.27. The topological polar surface area (TPSA) is 64.8 Å². The van der Waals surface area contributed by atoms with Crippen LogP contribution in [0.4, 0.5) is 23.0 Å². The molecule has 0 spiro atoms. The van der Waals surface area contributed by atoms with Crippen LogP contribution < -0.4 is 10.2 Å². The molecular weight excluding hydrogens is 322 g/mol. The summed E-state index contributed by atoms with van der Waals surface area (Å²) in [5, 5.41) is 12.6. The predicted octanol–water partition coefficient (Wildman–Crippen LogP) is 4.48. The lowest BCUT2D eigenvalue weighted by Crippen LogP contribution is -2.25. The van der Waals surface area contributed by atoms with Crippen molar-refractivity contribution < 1.29 is 0 Å². The van der Waals surface area contributed by atoms with Crippen molar-refractivity contribution in [2.24, 2.45) is 0 Å². The number of nitrogens with zero attached hydrogens (tertiary/aromatic N) is 4. The third-order valence-corrected chi connectivity index (χ3v) is 4.52. The quantitative estimate of drug-likeness (QED) is 0.760. The van der Waals surface area contributed by atoms with E-state index in [4.69, 9.17) is 0 Å². The van der Waals surface area contributed by atoms with Crippen LogP contribution in [0.1, 0.15) is 23.4 Å². The van der Waals surface area contributed by atoms with E-state index in [2.05, 4.69) is 50.5 Å². The van der Waals surface area contributed by atoms with Crippen LogP contribution in [-0.2, 0) is 6.42 Å². The minimum Gasteiger partial charge on any atom is -0.339 e. The van der Waals surface area contributed by atoms with Gasteiger partial charge in [-0.2, -0.15) is 5.26 Å². The molecule has 0 bridgehead atoms. The van der Waals surface area contributed by atoms with Gasteiger partial charge < -0.3 is 10.2 Å². The molecule has 0 amide bonds. The van der Waals surface area contributed by atoms with Gasteiger partial charge in [-0.3, -0.25) is 0 Å². The molecule has 0 saturated heterocycles. The molecule has 2 heterocycles. The van der Waals surface area contributed by atoms with Crippen molar-refractivity contribution in [3.05, 3.63) is 71.5 Å². The molecule has 1 aliphatic heterocycles. The van der Waals surface area contributed by atoms with Gasteiger partial charge in [0.1, 0.15) is 23.5 Å². The van der Waals surface area contributed by atoms with Gasteiger partial charge in [0, 0.05) is 18.3 Å². The van der Waals surface area contributed by atoms with Crippen LogP contribution in [0, 0.1) is 18.3 Å². The van der Waals surface area contributed by atoms with Gasteiger partial charge in [0.15, 0.2) is 0 Å². The minimum atomic E-state index is 0.591. The molecule has 128 valence electrons. The monoisotopic (exact) mass is 341 g/mol. The molecular formula is C21H19N5. The van der Waals surface area contributed by atoms with Crippen molar-refractivity contribution in [3.63, 3.8) is 0 Å². The maximum atomic E-state index is 9.29. The van der Waals surface area contributed by atoms with Crippen LogP contribution in [0.5, 0.6) is 0 Å². The molecule has 1 aliphatic rings. The normalized spacial score (nSPS) is 13.0. The summed E-state index contributed by atoms with van der Waals surface area (Å²) in [7, 11) is 0. The van der Waals surface area contributed by atoms with Gasteiger partial charge in [-0.15, -0.1) is 0 Å². The van der Waals surface area contributed by atoms with Gasteiger partial charge >= 0.3 is 0 Å². The summed E-state index contributed by atoms with van der Waals surface area (Å²) in [6, 6.07) is 20.0. The Morgan fingerprint density at radius 2 is 1.88 bits per heavy atom. The average molecular weight is 341 g/mol. The van der Waals surface area contributed by atoms with E-state index in [9.17, 15) is 5.26 Å². The molecule has 0 atom stereocenters. The van der Waals surface area contributed by atoms with Crippen molar-refractivity contribution in [3.8, 4) is 6.07 Å². The maximum absolute atomic E-state index is 9.29. The van der Waals surface area contributed by atoms with Gasteiger partial charge in [-0.1, -0.05) is 30.3 Å². The number of aryl methyl sites for hydroxylation is 2. The number of hydrogen-bond donors (Lipinski definition) is 1. The number of hydrogen-bond acceptors (Lipinski definition) is 5. The Hall–Kier alpha value is -3.39. The summed E-state index contributed by atoms with van der Waals surface area (Å²) in [4.78, 5) is 11.4. The number of anilines is 4. The average Bonchev–Trinajstić information content (AvgIpc) is 2.67. The molecule has 1 aromatic heterocycles. The lowest BCUT2D eigenvalue weighted by atomic mass is 10.0. The summed E-state index contributed by atoms with van der Waals surface area (Å²) < 4.78 is 0. The fourth-order valence-electron chi connectivity index (χ4n) is 3.35. The molecule has 0 fully saturated rings. The van der Waals surface area contributed by atoms with E-state index in [0.29, 0.717) is 17.2 Å². The first-order valence-electron chi connectivity index (χ1n) is 8.72. The summed E-state index contributed by atoms with van der Waals surface area (Å²) in [5.41, 5.74) is 3.89. The Morgan fingerprint density at radius 1 is 1.08 bits per heavy atom. The Labute approximate surface area is 153 Å². The van der Waals surface area contributed by atoms with Crippen molar-refractivity contribution >= 4 is 23.0 Å². The lowest BCUT2D eigenvalue weighted by molar-refractivity contribution is 0.757. The summed E-state index contributed by atoms with van der Waals surface area (Å²) in [6.07, 6.45) is 2.19. The minimum absolute atomic E-state index is 0.591. The molecule has 3 aromatic rings. The number of rotatable bonds is 3. The first-order chi connectivity index (χ1) is 12.7. The van der Waals surface area contributed by atoms with Crippen molar-refractivity contribution in [2.75, 3.05) is 16.8 Å². The molecule has 0 radical (unpaired) electrons. The first-order valence-corrected chi connectivity index (χ1v) is 8.72. The van der Waals surface area contributed by atoms with Crippen LogP contribution in [0.25, 0.3) is 0 Å². The number of benzene rings is 2. The van der Waals surface area contributed by atoms with Crippen LogP contribution in [0.3, 0.4) is 0 Å².